The molecule has 0 saturated carbocycles. The summed E-state index contributed by atoms with van der Waals surface area (Å²) in [5.41, 5.74) is 14.8. The molecule has 0 fully saturated rings. The fraction of sp³-hybridized carbons (Fsp3) is 0.0182. The number of nitrogens with zero attached hydrogens (tertiary/aromatic N) is 3. The third-order valence-electron chi connectivity index (χ3n) is 13.3. The molecule has 4 nitrogen and oxygen atoms in total. The molecule has 0 amide bonds. The van der Waals surface area contributed by atoms with Crippen molar-refractivity contribution < 1.29 is 4.74 Å². The molecule has 1 unspecified atom stereocenters. The van der Waals surface area contributed by atoms with Gasteiger partial charge in [0.05, 0.1) is 49.6 Å². The molecule has 0 N–H and O–H groups in total. The Hall–Kier alpha value is -7.82. The summed E-state index contributed by atoms with van der Waals surface area (Å²) in [6.07, 6.45) is 0. The van der Waals surface area contributed by atoms with Crippen molar-refractivity contribution in [2.24, 2.45) is 0 Å². The number of benzene rings is 9. The molecule has 2 aliphatic heterocycles. The van der Waals surface area contributed by atoms with Crippen LogP contribution < -0.4 is 4.74 Å². The van der Waals surface area contributed by atoms with E-state index in [1.165, 1.54) is 60.4 Å². The van der Waals surface area contributed by atoms with Crippen molar-refractivity contribution >= 4 is 65.4 Å². The lowest BCUT2D eigenvalue weighted by Gasteiger charge is -2.45. The predicted octanol–water partition coefficient (Wildman–Crippen LogP) is 13.8. The number of aromatic nitrogens is 3. The molecule has 59 heavy (non-hydrogen) atoms. The van der Waals surface area contributed by atoms with Crippen LogP contribution in [0.15, 0.2) is 200 Å². The van der Waals surface area contributed by atoms with E-state index in [4.69, 9.17) is 4.74 Å². The van der Waals surface area contributed by atoms with E-state index in [1.54, 1.807) is 0 Å². The van der Waals surface area contributed by atoms with E-state index in [9.17, 15) is 0 Å². The Balaban J connectivity index is 1.10. The van der Waals surface area contributed by atoms with E-state index in [0.717, 1.165) is 55.8 Å². The zero-order valence-corrected chi connectivity index (χ0v) is 31.8. The molecular weight excluding hydrogens is 719 g/mol. The highest BCUT2D eigenvalue weighted by atomic mass is 16.5. The summed E-state index contributed by atoms with van der Waals surface area (Å²) in [4.78, 5) is 0. The highest BCUT2D eigenvalue weighted by Crippen LogP contribution is 2.62. The molecule has 3 aromatic heterocycles. The molecule has 5 heterocycles. The monoisotopic (exact) mass is 751 g/mol. The summed E-state index contributed by atoms with van der Waals surface area (Å²) in [6, 6.07) is 73.3. The lowest BCUT2D eigenvalue weighted by atomic mass is 9.61. The van der Waals surface area contributed by atoms with Crippen molar-refractivity contribution in [1.82, 2.24) is 13.7 Å². The Morgan fingerprint density at radius 2 is 0.915 bits per heavy atom. The first kappa shape index (κ1) is 31.3. The first-order valence-corrected chi connectivity index (χ1v) is 20.4. The van der Waals surface area contributed by atoms with Gasteiger partial charge in [0.15, 0.2) is 0 Å². The lowest BCUT2D eigenvalue weighted by Crippen LogP contribution is -2.37. The van der Waals surface area contributed by atoms with Gasteiger partial charge in [0, 0.05) is 49.4 Å². The quantitative estimate of drug-likeness (QED) is 0.173. The molecule has 4 heteroatoms. The molecule has 0 saturated heterocycles. The molecular formula is C55H33N3O. The summed E-state index contributed by atoms with van der Waals surface area (Å²) >= 11 is 0. The van der Waals surface area contributed by atoms with Crippen molar-refractivity contribution in [2.75, 3.05) is 0 Å². The van der Waals surface area contributed by atoms with Gasteiger partial charge in [0.1, 0.15) is 11.5 Å². The first-order chi connectivity index (χ1) is 29.3. The zero-order valence-electron chi connectivity index (χ0n) is 31.8. The van der Waals surface area contributed by atoms with Gasteiger partial charge in [-0.2, -0.15) is 0 Å². The Bertz CT molecular complexity index is 3770. The minimum absolute atomic E-state index is 0.639. The third-order valence-corrected chi connectivity index (χ3v) is 13.3. The summed E-state index contributed by atoms with van der Waals surface area (Å²) in [5.74, 6) is 1.80. The van der Waals surface area contributed by atoms with Gasteiger partial charge in [0.25, 0.3) is 0 Å². The van der Waals surface area contributed by atoms with Gasteiger partial charge in [-0.05, 0) is 77.9 Å². The summed E-state index contributed by atoms with van der Waals surface area (Å²) < 4.78 is 14.6. The maximum Gasteiger partial charge on any atom is 0.142 e. The van der Waals surface area contributed by atoms with Crippen molar-refractivity contribution in [3.63, 3.8) is 0 Å². The van der Waals surface area contributed by atoms with Crippen molar-refractivity contribution in [3.05, 3.63) is 222 Å². The van der Waals surface area contributed by atoms with Crippen LogP contribution in [0.25, 0.3) is 82.5 Å². The van der Waals surface area contributed by atoms with Crippen LogP contribution in [0.1, 0.15) is 22.3 Å². The van der Waals surface area contributed by atoms with E-state index in [-0.39, 0.29) is 0 Å². The van der Waals surface area contributed by atoms with E-state index in [1.807, 2.05) is 0 Å². The van der Waals surface area contributed by atoms with Gasteiger partial charge in [-0.3, -0.25) is 0 Å². The molecule has 1 atom stereocenters. The first-order valence-electron chi connectivity index (χ1n) is 20.4. The van der Waals surface area contributed by atoms with Crippen molar-refractivity contribution in [2.45, 2.75) is 5.41 Å². The van der Waals surface area contributed by atoms with Crippen LogP contribution in [0.5, 0.6) is 11.5 Å². The number of fused-ring (bicyclic) bond motifs is 18. The standard InChI is InChI=1S/C55H33N3O/c1-2-15-34(16-3-1)56-45-24-9-5-18-37(45)40-33-35(29-31-48(40)56)57-47-26-11-6-19-39(47)52-50(57)32-30-44-54(52)59-51-28-13-8-22-42(51)55(44)41-21-7-12-27-49(41)58-46-25-10-4-17-36(46)38-20-14-23-43(55)53(38)58/h1-33H. The molecule has 0 radical (unpaired) electrons. The predicted molar refractivity (Wildman–Crippen MR) is 241 cm³/mol. The summed E-state index contributed by atoms with van der Waals surface area (Å²) in [7, 11) is 0. The van der Waals surface area contributed by atoms with Gasteiger partial charge in [-0.15, -0.1) is 0 Å². The van der Waals surface area contributed by atoms with E-state index in [2.05, 4.69) is 214 Å². The molecule has 2 aliphatic rings. The van der Waals surface area contributed by atoms with Crippen LogP contribution in [0.4, 0.5) is 0 Å². The second kappa shape index (κ2) is 11.2. The van der Waals surface area contributed by atoms with Gasteiger partial charge >= 0.3 is 0 Å². The van der Waals surface area contributed by atoms with E-state index < -0.39 is 5.41 Å². The Labute approximate surface area is 339 Å². The molecule has 0 bridgehead atoms. The normalized spacial score (nSPS) is 15.3. The average Bonchev–Trinajstić information content (AvgIpc) is 3.94. The molecule has 274 valence electrons. The van der Waals surface area contributed by atoms with E-state index >= 15 is 0 Å². The highest BCUT2D eigenvalue weighted by molar-refractivity contribution is 6.16. The molecule has 12 aromatic rings. The summed E-state index contributed by atoms with van der Waals surface area (Å²) in [5, 5.41) is 7.26. The third kappa shape index (κ3) is 3.80. The number of hydrogen-bond donors (Lipinski definition) is 0. The van der Waals surface area contributed by atoms with Gasteiger partial charge in [0.2, 0.25) is 0 Å². The minimum Gasteiger partial charge on any atom is -0.456 e. The number of hydrogen-bond acceptors (Lipinski definition) is 1. The molecule has 9 aromatic carbocycles. The Morgan fingerprint density at radius 3 is 1.75 bits per heavy atom. The Morgan fingerprint density at radius 1 is 0.339 bits per heavy atom. The minimum atomic E-state index is -0.639. The largest absolute Gasteiger partial charge is 0.456 e. The van der Waals surface area contributed by atoms with E-state index in [0.29, 0.717) is 0 Å². The second-order valence-corrected chi connectivity index (χ2v) is 16.0. The van der Waals surface area contributed by atoms with Gasteiger partial charge in [-0.1, -0.05) is 133 Å². The molecule has 1 spiro atoms. The zero-order chi connectivity index (χ0) is 38.4. The lowest BCUT2D eigenvalue weighted by molar-refractivity contribution is 0.439. The number of rotatable bonds is 2. The number of ether oxygens (including phenoxy) is 1. The van der Waals surface area contributed by atoms with Gasteiger partial charge in [-0.25, -0.2) is 0 Å². The fourth-order valence-corrected chi connectivity index (χ4v) is 11.1. The summed E-state index contributed by atoms with van der Waals surface area (Å²) in [6.45, 7) is 0. The topological polar surface area (TPSA) is 24.0 Å². The van der Waals surface area contributed by atoms with Gasteiger partial charge < -0.3 is 18.4 Å². The van der Waals surface area contributed by atoms with Crippen LogP contribution in [-0.4, -0.2) is 13.7 Å². The van der Waals surface area contributed by atoms with Crippen LogP contribution >= 0.6 is 0 Å². The van der Waals surface area contributed by atoms with Crippen LogP contribution in [0, 0.1) is 0 Å². The van der Waals surface area contributed by atoms with Crippen molar-refractivity contribution in [3.8, 4) is 28.6 Å². The SMILES string of the molecule is c1ccc(-n2c3ccccc3c3cc(-n4c5ccccc5c5c6c(ccc54)C4(c5ccccc5O6)c5ccccc5-n5c6ccccc6c6cccc4c65)ccc32)cc1. The highest BCUT2D eigenvalue weighted by Gasteiger charge is 2.50. The average molecular weight is 752 g/mol. The molecule has 0 aliphatic carbocycles. The van der Waals surface area contributed by atoms with Crippen molar-refractivity contribution in [1.29, 1.82) is 0 Å². The molecule has 14 rings (SSSR count). The number of para-hydroxylation sites is 7. The smallest absolute Gasteiger partial charge is 0.142 e. The maximum atomic E-state index is 7.29. The fourth-order valence-electron chi connectivity index (χ4n) is 11.1. The van der Waals surface area contributed by atoms with Crippen LogP contribution in [0.3, 0.4) is 0 Å². The second-order valence-electron chi connectivity index (χ2n) is 16.0. The maximum absolute atomic E-state index is 7.29. The Kier molecular flexibility index (Phi) is 5.93. The van der Waals surface area contributed by atoms with Crippen LogP contribution in [0.2, 0.25) is 0 Å². The van der Waals surface area contributed by atoms with Crippen LogP contribution in [-0.2, 0) is 5.41 Å².